The molecule has 0 spiro atoms. The molecule has 3 N–H and O–H groups in total. The van der Waals surface area contributed by atoms with Gasteiger partial charge in [0.1, 0.15) is 0 Å². The lowest BCUT2D eigenvalue weighted by Gasteiger charge is -2.18. The number of urea groups is 1. The van der Waals surface area contributed by atoms with Crippen LogP contribution in [0, 0.1) is 5.92 Å². The lowest BCUT2D eigenvalue weighted by atomic mass is 9.94. The zero-order valence-electron chi connectivity index (χ0n) is 22.3. The third-order valence-electron chi connectivity index (χ3n) is 6.57. The molecular weight excluding hydrogens is 585 g/mol. The van der Waals surface area contributed by atoms with E-state index in [2.05, 4.69) is 36.2 Å². The molecule has 1 fully saturated rings. The fourth-order valence-electron chi connectivity index (χ4n) is 4.49. The first kappa shape index (κ1) is 28.7. The molecule has 1 saturated carbocycles. The van der Waals surface area contributed by atoms with Crippen LogP contribution in [-0.4, -0.2) is 59.9 Å². The molecule has 0 atom stereocenters. The van der Waals surface area contributed by atoms with Gasteiger partial charge in [-0.1, -0.05) is 47.5 Å². The summed E-state index contributed by atoms with van der Waals surface area (Å²) in [5.74, 6) is 0.157. The Morgan fingerprint density at radius 1 is 1.10 bits per heavy atom. The summed E-state index contributed by atoms with van der Waals surface area (Å²) in [6, 6.07) is 14.1. The summed E-state index contributed by atoms with van der Waals surface area (Å²) in [5.41, 5.74) is 1.91. The van der Waals surface area contributed by atoms with E-state index < -0.39 is 21.0 Å². The number of aromatic nitrogens is 5. The average molecular weight is 613 g/mol. The van der Waals surface area contributed by atoms with Gasteiger partial charge in [-0.2, -0.15) is 5.21 Å². The first-order valence-electron chi connectivity index (χ1n) is 12.8. The number of nitrogens with zero attached hydrogens (tertiary/aromatic N) is 5. The van der Waals surface area contributed by atoms with Gasteiger partial charge in [0.05, 0.1) is 11.4 Å². The lowest BCUT2D eigenvalue weighted by molar-refractivity contribution is 0.0923. The van der Waals surface area contributed by atoms with Crippen molar-refractivity contribution in [3.63, 3.8) is 0 Å². The fraction of sp³-hybridized carbons (Fsp3) is 0.308. The number of ketones is 1. The van der Waals surface area contributed by atoms with E-state index in [0.29, 0.717) is 11.3 Å². The molecule has 214 valence electrons. The Kier molecular flexibility index (Phi) is 8.65. The first-order chi connectivity index (χ1) is 19.7. The molecule has 41 heavy (non-hydrogen) atoms. The van der Waals surface area contributed by atoms with E-state index in [1.54, 1.807) is 12.1 Å². The highest BCUT2D eigenvalue weighted by Crippen LogP contribution is 2.35. The number of aromatic amines is 1. The quantitative estimate of drug-likeness (QED) is 0.166. The summed E-state index contributed by atoms with van der Waals surface area (Å²) in [7, 11) is -0.371. The van der Waals surface area contributed by atoms with Gasteiger partial charge in [-0.05, 0) is 48.4 Å². The molecule has 0 aliphatic heterocycles. The van der Waals surface area contributed by atoms with Crippen molar-refractivity contribution in [1.82, 2.24) is 25.6 Å². The van der Waals surface area contributed by atoms with E-state index in [4.69, 9.17) is 0 Å². The van der Waals surface area contributed by atoms with Crippen molar-refractivity contribution in [3.05, 3.63) is 59.8 Å². The number of tetrazole rings is 1. The minimum atomic E-state index is -4.14. The SMILES string of the molecule is CN(C)c1ccc(NC(=O)Nc2nc(CSc3ccccc3)c(S(=O)(=O)c3nn[nH]n3)s2)c(C(=O)C2CCCC2)c1. The van der Waals surface area contributed by atoms with E-state index in [9.17, 15) is 18.0 Å². The van der Waals surface area contributed by atoms with Crippen LogP contribution in [0.15, 0.2) is 62.8 Å². The normalized spacial score (nSPS) is 13.7. The van der Waals surface area contributed by atoms with Crippen LogP contribution in [0.5, 0.6) is 0 Å². The summed E-state index contributed by atoms with van der Waals surface area (Å²) in [5, 5.41) is 17.8. The number of hydrogen-bond donors (Lipinski definition) is 3. The molecule has 0 saturated heterocycles. The number of hydrogen-bond acceptors (Lipinski definition) is 11. The summed E-state index contributed by atoms with van der Waals surface area (Å²) in [6.45, 7) is 0. The number of rotatable bonds is 10. The van der Waals surface area contributed by atoms with Gasteiger partial charge >= 0.3 is 6.03 Å². The second kappa shape index (κ2) is 12.4. The summed E-state index contributed by atoms with van der Waals surface area (Å²) in [6.07, 6.45) is 3.68. The zero-order chi connectivity index (χ0) is 29.0. The number of carbonyl (C=O) groups excluding carboxylic acids is 2. The lowest BCUT2D eigenvalue weighted by Crippen LogP contribution is -2.22. The highest BCUT2D eigenvalue weighted by Gasteiger charge is 2.31. The van der Waals surface area contributed by atoms with Crippen molar-refractivity contribution in [1.29, 1.82) is 0 Å². The van der Waals surface area contributed by atoms with Crippen molar-refractivity contribution < 1.29 is 18.0 Å². The number of carbonyl (C=O) groups is 2. The molecule has 0 bridgehead atoms. The largest absolute Gasteiger partial charge is 0.378 e. The first-order valence-corrected chi connectivity index (χ1v) is 16.1. The van der Waals surface area contributed by atoms with Crippen LogP contribution < -0.4 is 15.5 Å². The summed E-state index contributed by atoms with van der Waals surface area (Å²) < 4.78 is 26.4. The molecule has 4 aromatic rings. The third kappa shape index (κ3) is 6.57. The standard InChI is InChI=1S/C26H28N8O4S3/c1-34(2)17-12-13-20(19(14-17)22(35)16-8-6-7-9-16)27-24(36)29-25-28-21(15-39-18-10-4-3-5-11-18)23(40-25)41(37,38)26-30-32-33-31-26/h3-5,10-14,16H,6-9,15H2,1-2H3,(H2,27,28,29,36)(H,30,31,32,33). The van der Waals surface area contributed by atoms with E-state index in [-0.39, 0.29) is 32.5 Å². The number of H-pyrrole nitrogens is 1. The van der Waals surface area contributed by atoms with Crippen molar-refractivity contribution in [2.24, 2.45) is 5.92 Å². The summed E-state index contributed by atoms with van der Waals surface area (Å²) in [4.78, 5) is 33.7. The average Bonchev–Trinajstić information content (AvgIpc) is 3.75. The molecular formula is C26H28N8O4S3. The Labute approximate surface area is 245 Å². The van der Waals surface area contributed by atoms with E-state index in [1.165, 1.54) is 11.8 Å². The molecule has 2 aromatic heterocycles. The Bertz CT molecular complexity index is 1630. The maximum Gasteiger partial charge on any atom is 0.325 e. The smallest absolute Gasteiger partial charge is 0.325 e. The molecule has 0 unspecified atom stereocenters. The molecule has 2 heterocycles. The second-order valence-electron chi connectivity index (χ2n) is 9.60. The van der Waals surface area contributed by atoms with Gasteiger partial charge in [0.25, 0.3) is 15.0 Å². The van der Waals surface area contributed by atoms with Crippen LogP contribution in [-0.2, 0) is 15.6 Å². The van der Waals surface area contributed by atoms with Gasteiger partial charge in [0.15, 0.2) is 15.1 Å². The maximum absolute atomic E-state index is 13.4. The van der Waals surface area contributed by atoms with Crippen LogP contribution in [0.25, 0.3) is 0 Å². The number of benzene rings is 2. The van der Waals surface area contributed by atoms with Crippen molar-refractivity contribution >= 4 is 61.3 Å². The minimum Gasteiger partial charge on any atom is -0.378 e. The number of nitrogens with one attached hydrogen (secondary N) is 3. The van der Waals surface area contributed by atoms with Crippen LogP contribution in [0.2, 0.25) is 0 Å². The highest BCUT2D eigenvalue weighted by atomic mass is 32.2. The van der Waals surface area contributed by atoms with Crippen LogP contribution >= 0.6 is 23.1 Å². The Balaban J connectivity index is 1.40. The number of thioether (sulfide) groups is 1. The van der Waals surface area contributed by atoms with Gasteiger partial charge < -0.3 is 10.2 Å². The monoisotopic (exact) mass is 612 g/mol. The number of sulfone groups is 1. The van der Waals surface area contributed by atoms with Crippen LogP contribution in [0.3, 0.4) is 0 Å². The third-order valence-corrected chi connectivity index (χ3v) is 10.7. The fourth-order valence-corrected chi connectivity index (χ4v) is 8.05. The topological polar surface area (TPSA) is 163 Å². The Morgan fingerprint density at radius 2 is 1.85 bits per heavy atom. The number of amides is 2. The van der Waals surface area contributed by atoms with Gasteiger partial charge in [-0.25, -0.2) is 18.2 Å². The summed E-state index contributed by atoms with van der Waals surface area (Å²) >= 11 is 2.20. The van der Waals surface area contributed by atoms with E-state index >= 15 is 0 Å². The Morgan fingerprint density at radius 3 is 2.54 bits per heavy atom. The van der Waals surface area contributed by atoms with E-state index in [1.807, 2.05) is 55.4 Å². The van der Waals surface area contributed by atoms with Crippen LogP contribution in [0.1, 0.15) is 41.7 Å². The second-order valence-corrected chi connectivity index (χ2v) is 13.7. The molecule has 2 aromatic carbocycles. The highest BCUT2D eigenvalue weighted by molar-refractivity contribution is 7.98. The van der Waals surface area contributed by atoms with Crippen LogP contribution in [0.4, 0.5) is 21.3 Å². The maximum atomic E-state index is 13.4. The van der Waals surface area contributed by atoms with Crippen molar-refractivity contribution in [2.45, 2.75) is 45.7 Å². The predicted octanol–water partition coefficient (Wildman–Crippen LogP) is 4.86. The van der Waals surface area contributed by atoms with Crippen molar-refractivity contribution in [3.8, 4) is 0 Å². The van der Waals surface area contributed by atoms with Gasteiger partial charge in [-0.3, -0.25) is 10.1 Å². The zero-order valence-corrected chi connectivity index (χ0v) is 24.8. The predicted molar refractivity (Wildman–Crippen MR) is 157 cm³/mol. The number of thiazole rings is 1. The Hall–Kier alpha value is -3.82. The molecule has 12 nitrogen and oxygen atoms in total. The van der Waals surface area contributed by atoms with E-state index in [0.717, 1.165) is 47.6 Å². The molecule has 0 radical (unpaired) electrons. The minimum absolute atomic E-state index is 0.00413. The molecule has 5 rings (SSSR count). The molecule has 2 amide bonds. The van der Waals surface area contributed by atoms with Gasteiger partial charge in [0, 0.05) is 41.9 Å². The molecule has 15 heteroatoms. The van der Waals surface area contributed by atoms with Gasteiger partial charge in [-0.15, -0.1) is 16.9 Å². The number of Topliss-reactive ketones (excluding diaryl/α,β-unsaturated/α-hetero) is 1. The molecule has 1 aliphatic rings. The number of anilines is 3. The molecule has 1 aliphatic carbocycles. The van der Waals surface area contributed by atoms with Gasteiger partial charge in [0.2, 0.25) is 0 Å². The van der Waals surface area contributed by atoms with Crippen molar-refractivity contribution in [2.75, 3.05) is 29.6 Å².